The van der Waals surface area contributed by atoms with Gasteiger partial charge in [0, 0.05) is 0 Å². The Bertz CT molecular complexity index is 968. The third kappa shape index (κ3) is 4.16. The van der Waals surface area contributed by atoms with Crippen LogP contribution in [0.2, 0.25) is 0 Å². The predicted molar refractivity (Wildman–Crippen MR) is 107 cm³/mol. The van der Waals surface area contributed by atoms with Gasteiger partial charge in [0.25, 0.3) is 5.88 Å². The number of carbonyl (C=O) groups is 1. The largest absolute Gasteiger partial charge is 0.476 e. The first-order valence-corrected chi connectivity index (χ1v) is 9.98. The van der Waals surface area contributed by atoms with Gasteiger partial charge >= 0.3 is 5.97 Å². The van der Waals surface area contributed by atoms with E-state index in [-0.39, 0.29) is 17.7 Å². The fourth-order valence-electron chi connectivity index (χ4n) is 3.83. The molecule has 8 heteroatoms. The fourth-order valence-corrected chi connectivity index (χ4v) is 3.83. The van der Waals surface area contributed by atoms with Gasteiger partial charge in [-0.2, -0.15) is 5.10 Å². The number of nitrogens with one attached hydrogen (secondary N) is 2. The minimum absolute atomic E-state index is 0.0341. The number of rotatable bonds is 6. The van der Waals surface area contributed by atoms with Crippen molar-refractivity contribution in [2.45, 2.75) is 57.5 Å². The molecular weight excluding hydrogens is 370 g/mol. The van der Waals surface area contributed by atoms with Crippen molar-refractivity contribution in [3.05, 3.63) is 47.3 Å². The first-order valence-electron chi connectivity index (χ1n) is 9.98. The van der Waals surface area contributed by atoms with Gasteiger partial charge in [-0.25, -0.2) is 9.89 Å². The van der Waals surface area contributed by atoms with E-state index in [1.165, 1.54) is 5.56 Å². The molecule has 3 aromatic rings. The van der Waals surface area contributed by atoms with Crippen molar-refractivity contribution in [1.82, 2.24) is 25.6 Å². The molecule has 2 heterocycles. The first-order chi connectivity index (χ1) is 14.0. The smallest absolute Gasteiger partial charge is 0.359 e. The Morgan fingerprint density at radius 1 is 1.14 bits per heavy atom. The van der Waals surface area contributed by atoms with Crippen LogP contribution in [0.1, 0.15) is 73.1 Å². The summed E-state index contributed by atoms with van der Waals surface area (Å²) < 4.78 is 5.77. The van der Waals surface area contributed by atoms with Crippen LogP contribution in [-0.2, 0) is 0 Å². The topological polar surface area (TPSA) is 117 Å². The molecule has 0 unspecified atom stereocenters. The molecule has 0 aliphatic heterocycles. The lowest BCUT2D eigenvalue weighted by Crippen LogP contribution is -2.24. The number of H-pyrrole nitrogens is 2. The third-order valence-corrected chi connectivity index (χ3v) is 5.57. The van der Waals surface area contributed by atoms with Gasteiger partial charge in [0.15, 0.2) is 0 Å². The van der Waals surface area contributed by atoms with E-state index in [9.17, 15) is 4.79 Å². The Labute approximate surface area is 168 Å². The van der Waals surface area contributed by atoms with Crippen LogP contribution in [-0.4, -0.2) is 42.8 Å². The number of nitrogens with zero attached hydrogens (tertiary/aromatic N) is 3. The van der Waals surface area contributed by atoms with E-state index >= 15 is 0 Å². The van der Waals surface area contributed by atoms with Crippen LogP contribution in [0, 0.1) is 0 Å². The van der Waals surface area contributed by atoms with Gasteiger partial charge in [-0.1, -0.05) is 48.4 Å². The van der Waals surface area contributed by atoms with Crippen molar-refractivity contribution in [2.24, 2.45) is 0 Å². The van der Waals surface area contributed by atoms with Crippen LogP contribution in [0.25, 0.3) is 11.3 Å². The van der Waals surface area contributed by atoms with Crippen molar-refractivity contribution in [3.63, 3.8) is 0 Å². The third-order valence-electron chi connectivity index (χ3n) is 5.57. The zero-order valence-electron chi connectivity index (χ0n) is 16.6. The number of benzene rings is 1. The fraction of sp³-hybridized carbons (Fsp3) is 0.429. The van der Waals surface area contributed by atoms with Gasteiger partial charge in [-0.05, 0) is 54.7 Å². The zero-order chi connectivity index (χ0) is 20.4. The molecule has 1 aliphatic carbocycles. The lowest BCUT2D eigenvalue weighted by molar-refractivity contribution is 0.0678. The van der Waals surface area contributed by atoms with E-state index in [1.54, 1.807) is 0 Å². The molecule has 2 aromatic heterocycles. The lowest BCUT2D eigenvalue weighted by Gasteiger charge is -2.28. The van der Waals surface area contributed by atoms with Gasteiger partial charge in [0.2, 0.25) is 5.69 Å². The predicted octanol–water partition coefficient (Wildman–Crippen LogP) is 4.12. The summed E-state index contributed by atoms with van der Waals surface area (Å²) in [4.78, 5) is 11.1. The van der Waals surface area contributed by atoms with Gasteiger partial charge in [0.1, 0.15) is 6.10 Å². The maximum absolute atomic E-state index is 11.1. The molecule has 4 rings (SSSR count). The molecule has 0 bridgehead atoms. The Morgan fingerprint density at radius 2 is 1.86 bits per heavy atom. The second kappa shape index (κ2) is 8.06. The SMILES string of the molecule is CC(C)c1cc(-c2ccc([C@H]3CC[C@H](Oc4nn[nH]c4C(=O)O)CC3)cc2)[nH]n1. The molecule has 0 spiro atoms. The average Bonchev–Trinajstić information content (AvgIpc) is 3.39. The summed E-state index contributed by atoms with van der Waals surface area (Å²) in [6.07, 6.45) is 3.67. The van der Waals surface area contributed by atoms with Crippen LogP contribution >= 0.6 is 0 Å². The van der Waals surface area contributed by atoms with E-state index in [4.69, 9.17) is 9.84 Å². The van der Waals surface area contributed by atoms with Crippen LogP contribution in [0.4, 0.5) is 0 Å². The maximum atomic E-state index is 11.1. The van der Waals surface area contributed by atoms with Crippen molar-refractivity contribution < 1.29 is 14.6 Å². The quantitative estimate of drug-likeness (QED) is 0.578. The molecule has 0 radical (unpaired) electrons. The average molecular weight is 395 g/mol. The zero-order valence-corrected chi connectivity index (χ0v) is 16.6. The van der Waals surface area contributed by atoms with Gasteiger partial charge in [-0.3, -0.25) is 5.10 Å². The summed E-state index contributed by atoms with van der Waals surface area (Å²) in [6, 6.07) is 10.8. The summed E-state index contributed by atoms with van der Waals surface area (Å²) in [6.45, 7) is 4.27. The van der Waals surface area contributed by atoms with E-state index in [2.05, 4.69) is 69.8 Å². The number of carboxylic acids is 1. The second-order valence-electron chi connectivity index (χ2n) is 7.87. The lowest BCUT2D eigenvalue weighted by atomic mass is 9.82. The van der Waals surface area contributed by atoms with Crippen molar-refractivity contribution >= 4 is 5.97 Å². The summed E-state index contributed by atoms with van der Waals surface area (Å²) in [5.74, 6) is -0.157. The normalized spacial score (nSPS) is 19.4. The Morgan fingerprint density at radius 3 is 2.48 bits per heavy atom. The molecule has 1 aliphatic rings. The first kappa shape index (κ1) is 19.2. The highest BCUT2D eigenvalue weighted by Crippen LogP contribution is 2.35. The molecule has 1 fully saturated rings. The summed E-state index contributed by atoms with van der Waals surface area (Å²) in [5, 5.41) is 26.2. The number of aromatic nitrogens is 5. The van der Waals surface area contributed by atoms with E-state index in [0.717, 1.165) is 42.6 Å². The second-order valence-corrected chi connectivity index (χ2v) is 7.87. The molecule has 29 heavy (non-hydrogen) atoms. The highest BCUT2D eigenvalue weighted by molar-refractivity contribution is 5.87. The van der Waals surface area contributed by atoms with E-state index in [1.807, 2.05) is 0 Å². The minimum Gasteiger partial charge on any atom is -0.476 e. The molecule has 152 valence electrons. The summed E-state index contributed by atoms with van der Waals surface area (Å²) in [7, 11) is 0. The standard InChI is InChI=1S/C21H25N5O3/c1-12(2)17-11-18(23-22-17)15-5-3-13(4-6-15)14-7-9-16(10-8-14)29-20-19(21(27)28)24-26-25-20/h3-6,11-12,14,16H,7-10H2,1-2H3,(H,22,23)(H,27,28)(H,24,25,26)/t14-,16-. The van der Waals surface area contributed by atoms with Crippen molar-refractivity contribution in [1.29, 1.82) is 0 Å². The molecular formula is C21H25N5O3. The molecule has 0 amide bonds. The number of hydrogen-bond donors (Lipinski definition) is 3. The Hall–Kier alpha value is -3.16. The van der Waals surface area contributed by atoms with Crippen molar-refractivity contribution in [3.8, 4) is 17.1 Å². The minimum atomic E-state index is -1.11. The highest BCUT2D eigenvalue weighted by Gasteiger charge is 2.26. The van der Waals surface area contributed by atoms with Gasteiger partial charge in [0.05, 0.1) is 11.4 Å². The van der Waals surface area contributed by atoms with Crippen molar-refractivity contribution in [2.75, 3.05) is 0 Å². The molecule has 1 saturated carbocycles. The molecule has 1 aromatic carbocycles. The van der Waals surface area contributed by atoms with Crippen LogP contribution in [0.5, 0.6) is 5.88 Å². The number of aromatic amines is 2. The van der Waals surface area contributed by atoms with E-state index < -0.39 is 5.97 Å². The van der Waals surface area contributed by atoms with Crippen LogP contribution in [0.15, 0.2) is 30.3 Å². The summed E-state index contributed by atoms with van der Waals surface area (Å²) in [5.41, 5.74) is 4.47. The maximum Gasteiger partial charge on any atom is 0.359 e. The van der Waals surface area contributed by atoms with Gasteiger partial charge < -0.3 is 9.84 Å². The molecule has 0 atom stereocenters. The Balaban J connectivity index is 1.36. The molecule has 8 nitrogen and oxygen atoms in total. The van der Waals surface area contributed by atoms with E-state index in [0.29, 0.717) is 11.8 Å². The van der Waals surface area contributed by atoms with Crippen LogP contribution in [0.3, 0.4) is 0 Å². The Kier molecular flexibility index (Phi) is 5.33. The van der Waals surface area contributed by atoms with Crippen LogP contribution < -0.4 is 4.74 Å². The van der Waals surface area contributed by atoms with Gasteiger partial charge in [-0.15, -0.1) is 0 Å². The number of ether oxygens (including phenoxy) is 1. The highest BCUT2D eigenvalue weighted by atomic mass is 16.5. The molecule has 0 saturated heterocycles. The molecule has 3 N–H and O–H groups in total. The number of aromatic carboxylic acids is 1. The number of hydrogen-bond acceptors (Lipinski definition) is 5. The number of carboxylic acid groups (broad SMARTS) is 1. The summed E-state index contributed by atoms with van der Waals surface area (Å²) >= 11 is 0. The monoisotopic (exact) mass is 395 g/mol.